The topological polar surface area (TPSA) is 97.0 Å². The van der Waals surface area contributed by atoms with Crippen LogP contribution >= 0.6 is 0 Å². The Morgan fingerprint density at radius 2 is 1.85 bits per heavy atom. The molecule has 0 unspecified atom stereocenters. The Morgan fingerprint density at radius 3 is 2.62 bits per heavy atom. The summed E-state index contributed by atoms with van der Waals surface area (Å²) in [6, 6.07) is 16.2. The fourth-order valence-electron chi connectivity index (χ4n) is 6.10. The second-order valence-electron chi connectivity index (χ2n) is 11.2. The minimum Gasteiger partial charge on any atom is -0.497 e. The standard InChI is InChI=1S/C32H39N3O5/c1-39-26-12-7-11-24(21-26)30(37)35-17-13-27-25(22-35)10-5-6-14-32(15-18-40-19-16-32)31(38)34-28(29(36)33-27)20-23-8-3-2-4-9-23/h2-9,11-12,21,25,27-28H,10,13-20,22H2,1H3,(H,33,36)(H,34,38)/b6-5+/t25-,27+,28-/m1/s1. The van der Waals surface area contributed by atoms with Gasteiger partial charge in [-0.3, -0.25) is 14.4 Å². The Labute approximate surface area is 236 Å². The number of methoxy groups -OCH3 is 1. The van der Waals surface area contributed by atoms with E-state index in [1.54, 1.807) is 13.2 Å². The van der Waals surface area contributed by atoms with Crippen LogP contribution in [0.4, 0.5) is 0 Å². The SMILES string of the molecule is COc1cccc(C(=O)N2CC[C@@H]3NC(=O)[C@@H](Cc4ccccc4)NC(=O)C4(C/C=C/C[C@@H]3C2)CCOCC4)c1. The fraction of sp³-hybridized carbons (Fsp3) is 0.469. The van der Waals surface area contributed by atoms with Crippen molar-refractivity contribution in [3.8, 4) is 5.75 Å². The summed E-state index contributed by atoms with van der Waals surface area (Å²) in [4.78, 5) is 42.7. The molecule has 0 radical (unpaired) electrons. The van der Waals surface area contributed by atoms with E-state index in [4.69, 9.17) is 9.47 Å². The molecule has 2 saturated heterocycles. The number of nitrogens with zero attached hydrogens (tertiary/aromatic N) is 1. The Hall–Kier alpha value is -3.65. The average molecular weight is 546 g/mol. The van der Waals surface area contributed by atoms with Crippen LogP contribution in [-0.4, -0.2) is 68.1 Å². The second kappa shape index (κ2) is 12.7. The van der Waals surface area contributed by atoms with Crippen LogP contribution in [0, 0.1) is 11.3 Å². The van der Waals surface area contributed by atoms with Crippen molar-refractivity contribution < 1.29 is 23.9 Å². The zero-order chi connectivity index (χ0) is 28.0. The molecule has 3 aliphatic heterocycles. The number of fused-ring (bicyclic) bond motifs is 1. The van der Waals surface area contributed by atoms with E-state index in [2.05, 4.69) is 22.8 Å². The van der Waals surface area contributed by atoms with Gasteiger partial charge in [-0.25, -0.2) is 0 Å². The number of likely N-dealkylation sites (tertiary alicyclic amines) is 1. The Balaban J connectivity index is 1.39. The molecule has 2 N–H and O–H groups in total. The largest absolute Gasteiger partial charge is 0.497 e. The third-order valence-electron chi connectivity index (χ3n) is 8.62. The molecule has 3 atom stereocenters. The normalized spacial score (nSPS) is 25.9. The molecule has 8 heteroatoms. The van der Waals surface area contributed by atoms with E-state index in [0.717, 1.165) is 5.56 Å². The number of benzene rings is 2. The molecule has 1 spiro atoms. The third kappa shape index (κ3) is 6.39. The van der Waals surface area contributed by atoms with Crippen LogP contribution < -0.4 is 15.4 Å². The summed E-state index contributed by atoms with van der Waals surface area (Å²) < 4.78 is 10.9. The molecule has 0 aliphatic carbocycles. The summed E-state index contributed by atoms with van der Waals surface area (Å²) in [6.45, 7) is 2.14. The monoisotopic (exact) mass is 545 g/mol. The predicted molar refractivity (Wildman–Crippen MR) is 152 cm³/mol. The summed E-state index contributed by atoms with van der Waals surface area (Å²) in [5, 5.41) is 6.40. The molecule has 3 heterocycles. The van der Waals surface area contributed by atoms with Crippen molar-refractivity contribution in [1.82, 2.24) is 15.5 Å². The number of carbonyl (C=O) groups is 3. The van der Waals surface area contributed by atoms with Gasteiger partial charge in [0, 0.05) is 50.2 Å². The minimum atomic E-state index is -0.685. The van der Waals surface area contributed by atoms with Gasteiger partial charge < -0.3 is 25.0 Å². The Morgan fingerprint density at radius 1 is 1.05 bits per heavy atom. The number of allylic oxidation sites excluding steroid dienone is 2. The number of piperidine rings is 1. The smallest absolute Gasteiger partial charge is 0.253 e. The molecule has 3 aliphatic rings. The lowest BCUT2D eigenvalue weighted by molar-refractivity contribution is -0.140. The van der Waals surface area contributed by atoms with Crippen molar-refractivity contribution in [3.63, 3.8) is 0 Å². The molecule has 5 rings (SSSR count). The Kier molecular flexibility index (Phi) is 8.85. The first kappa shape index (κ1) is 27.9. The van der Waals surface area contributed by atoms with Crippen molar-refractivity contribution in [1.29, 1.82) is 0 Å². The molecule has 40 heavy (non-hydrogen) atoms. The highest BCUT2D eigenvalue weighted by Crippen LogP contribution is 2.36. The number of nitrogens with one attached hydrogen (secondary N) is 2. The summed E-state index contributed by atoms with van der Waals surface area (Å²) in [5.41, 5.74) is 0.993. The molecule has 3 amide bonds. The van der Waals surface area contributed by atoms with Gasteiger partial charge in [0.1, 0.15) is 11.8 Å². The van der Waals surface area contributed by atoms with Crippen molar-refractivity contribution in [3.05, 3.63) is 77.9 Å². The van der Waals surface area contributed by atoms with E-state index < -0.39 is 11.5 Å². The number of hydrogen-bond acceptors (Lipinski definition) is 5. The van der Waals surface area contributed by atoms with E-state index in [9.17, 15) is 14.4 Å². The maximum atomic E-state index is 13.8. The molecule has 0 aromatic heterocycles. The molecular weight excluding hydrogens is 506 g/mol. The van der Waals surface area contributed by atoms with Gasteiger partial charge in [-0.2, -0.15) is 0 Å². The molecule has 2 aromatic rings. The van der Waals surface area contributed by atoms with Gasteiger partial charge in [-0.05, 0) is 55.9 Å². The van der Waals surface area contributed by atoms with Crippen LogP contribution in [0.1, 0.15) is 48.0 Å². The zero-order valence-electron chi connectivity index (χ0n) is 23.1. The lowest BCUT2D eigenvalue weighted by Crippen LogP contribution is -2.58. The van der Waals surface area contributed by atoms with E-state index in [-0.39, 0.29) is 29.7 Å². The van der Waals surface area contributed by atoms with Gasteiger partial charge in [0.15, 0.2) is 0 Å². The molecule has 212 valence electrons. The highest BCUT2D eigenvalue weighted by atomic mass is 16.5. The van der Waals surface area contributed by atoms with Crippen molar-refractivity contribution >= 4 is 17.7 Å². The average Bonchev–Trinajstić information content (AvgIpc) is 2.99. The van der Waals surface area contributed by atoms with Crippen LogP contribution in [0.15, 0.2) is 66.7 Å². The summed E-state index contributed by atoms with van der Waals surface area (Å²) in [5.74, 6) is 0.421. The number of hydrogen-bond donors (Lipinski definition) is 2. The maximum Gasteiger partial charge on any atom is 0.253 e. The van der Waals surface area contributed by atoms with E-state index in [1.165, 1.54) is 0 Å². The fourth-order valence-corrected chi connectivity index (χ4v) is 6.10. The van der Waals surface area contributed by atoms with Crippen LogP contribution in [0.5, 0.6) is 5.75 Å². The first-order valence-electron chi connectivity index (χ1n) is 14.3. The first-order chi connectivity index (χ1) is 19.5. The molecule has 2 aromatic carbocycles. The zero-order valence-corrected chi connectivity index (χ0v) is 23.1. The molecular formula is C32H39N3O5. The molecule has 0 saturated carbocycles. The number of carbonyl (C=O) groups excluding carboxylic acids is 3. The number of ether oxygens (including phenoxy) is 2. The second-order valence-corrected chi connectivity index (χ2v) is 11.2. The highest BCUT2D eigenvalue weighted by molar-refractivity contribution is 5.95. The quantitative estimate of drug-likeness (QED) is 0.574. The van der Waals surface area contributed by atoms with Crippen LogP contribution in [-0.2, 0) is 20.7 Å². The van der Waals surface area contributed by atoms with Gasteiger partial charge in [-0.15, -0.1) is 0 Å². The van der Waals surface area contributed by atoms with Crippen molar-refractivity contribution in [2.75, 3.05) is 33.4 Å². The van der Waals surface area contributed by atoms with Crippen molar-refractivity contribution in [2.45, 2.75) is 50.6 Å². The van der Waals surface area contributed by atoms with Gasteiger partial charge >= 0.3 is 0 Å². The van der Waals surface area contributed by atoms with E-state index in [1.807, 2.05) is 53.4 Å². The number of amides is 3. The summed E-state index contributed by atoms with van der Waals surface area (Å²) >= 11 is 0. The van der Waals surface area contributed by atoms with E-state index >= 15 is 0 Å². The number of rotatable bonds is 4. The highest BCUT2D eigenvalue weighted by Gasteiger charge is 2.41. The van der Waals surface area contributed by atoms with Crippen LogP contribution in [0.3, 0.4) is 0 Å². The lowest BCUT2D eigenvalue weighted by Gasteiger charge is -2.40. The molecule has 8 nitrogen and oxygen atoms in total. The van der Waals surface area contributed by atoms with Gasteiger partial charge in [-0.1, -0.05) is 48.6 Å². The van der Waals surface area contributed by atoms with Gasteiger partial charge in [0.2, 0.25) is 11.8 Å². The van der Waals surface area contributed by atoms with Crippen LogP contribution in [0.25, 0.3) is 0 Å². The minimum absolute atomic E-state index is 0.0332. The van der Waals surface area contributed by atoms with E-state index in [0.29, 0.717) is 76.1 Å². The Bertz CT molecular complexity index is 1220. The summed E-state index contributed by atoms with van der Waals surface area (Å²) in [6.07, 6.45) is 7.86. The van der Waals surface area contributed by atoms with Gasteiger partial charge in [0.05, 0.1) is 12.5 Å². The third-order valence-corrected chi connectivity index (χ3v) is 8.62. The summed E-state index contributed by atoms with van der Waals surface area (Å²) in [7, 11) is 1.59. The molecule has 0 bridgehead atoms. The molecule has 2 fully saturated rings. The lowest BCUT2D eigenvalue weighted by atomic mass is 9.75. The first-order valence-corrected chi connectivity index (χ1v) is 14.3. The van der Waals surface area contributed by atoms with Gasteiger partial charge in [0.25, 0.3) is 5.91 Å². The van der Waals surface area contributed by atoms with Crippen LogP contribution in [0.2, 0.25) is 0 Å². The van der Waals surface area contributed by atoms with Crippen molar-refractivity contribution in [2.24, 2.45) is 11.3 Å². The predicted octanol–water partition coefficient (Wildman–Crippen LogP) is 3.52. The maximum absolute atomic E-state index is 13.8.